The number of fused-ring (bicyclic) bond motifs is 1. The number of benzene rings is 2. The van der Waals surface area contributed by atoms with Crippen molar-refractivity contribution in [2.24, 2.45) is 0 Å². The molecular formula is C23H18N4O3S. The first-order valence-corrected chi connectivity index (χ1v) is 10.7. The molecule has 3 aromatic heterocycles. The molecule has 154 valence electrons. The average Bonchev–Trinajstić information content (AvgIpc) is 3.49. The minimum absolute atomic E-state index is 0.0606. The number of hydrogen-bond donors (Lipinski definition) is 0. The number of para-hydroxylation sites is 1. The quantitative estimate of drug-likeness (QED) is 0.423. The minimum Gasteiger partial charge on any atom is -0.337 e. The van der Waals surface area contributed by atoms with E-state index in [4.69, 9.17) is 4.52 Å². The molecule has 5 rings (SSSR count). The summed E-state index contributed by atoms with van der Waals surface area (Å²) in [5.41, 5.74) is 1.37. The SMILES string of the molecule is CCc1ccc(-n2c(=O)c3ccccc3n(Cc3nc(-c4cccs4)no3)c2=O)cc1. The Kier molecular flexibility index (Phi) is 4.83. The molecule has 3 heterocycles. The Morgan fingerprint density at radius 2 is 1.81 bits per heavy atom. The van der Waals surface area contributed by atoms with E-state index in [-0.39, 0.29) is 12.1 Å². The van der Waals surface area contributed by atoms with Crippen molar-refractivity contribution >= 4 is 22.2 Å². The molecule has 2 aromatic carbocycles. The predicted octanol–water partition coefficient (Wildman–Crippen LogP) is 3.87. The van der Waals surface area contributed by atoms with E-state index in [0.717, 1.165) is 16.9 Å². The molecule has 31 heavy (non-hydrogen) atoms. The van der Waals surface area contributed by atoms with Gasteiger partial charge in [0.05, 0.1) is 21.5 Å². The van der Waals surface area contributed by atoms with Crippen molar-refractivity contribution in [3.63, 3.8) is 0 Å². The molecule has 0 aliphatic heterocycles. The fraction of sp³-hybridized carbons (Fsp3) is 0.130. The summed E-state index contributed by atoms with van der Waals surface area (Å²) >= 11 is 1.51. The van der Waals surface area contributed by atoms with Crippen LogP contribution >= 0.6 is 11.3 Å². The summed E-state index contributed by atoms with van der Waals surface area (Å²) in [5, 5.41) is 6.40. The molecule has 7 nitrogen and oxygen atoms in total. The molecule has 0 spiro atoms. The van der Waals surface area contributed by atoms with Gasteiger partial charge in [0, 0.05) is 0 Å². The Hall–Kier alpha value is -3.78. The largest absolute Gasteiger partial charge is 0.337 e. The van der Waals surface area contributed by atoms with Crippen LogP contribution in [0.15, 0.2) is 80.2 Å². The lowest BCUT2D eigenvalue weighted by atomic mass is 10.1. The zero-order valence-corrected chi connectivity index (χ0v) is 17.5. The van der Waals surface area contributed by atoms with Crippen LogP contribution < -0.4 is 11.2 Å². The summed E-state index contributed by atoms with van der Waals surface area (Å²) < 4.78 is 8.09. The molecule has 0 aliphatic carbocycles. The molecule has 0 fully saturated rings. The van der Waals surface area contributed by atoms with E-state index >= 15 is 0 Å². The van der Waals surface area contributed by atoms with E-state index in [1.807, 2.05) is 29.6 Å². The van der Waals surface area contributed by atoms with Crippen molar-refractivity contribution in [2.75, 3.05) is 0 Å². The van der Waals surface area contributed by atoms with Crippen molar-refractivity contribution < 1.29 is 4.52 Å². The highest BCUT2D eigenvalue weighted by atomic mass is 32.1. The zero-order valence-electron chi connectivity index (χ0n) is 16.7. The molecule has 5 aromatic rings. The van der Waals surface area contributed by atoms with Gasteiger partial charge in [-0.2, -0.15) is 4.98 Å². The molecule has 0 radical (unpaired) electrons. The Morgan fingerprint density at radius 1 is 1.00 bits per heavy atom. The number of nitrogens with zero attached hydrogens (tertiary/aromatic N) is 4. The highest BCUT2D eigenvalue weighted by Crippen LogP contribution is 2.21. The van der Waals surface area contributed by atoms with E-state index in [2.05, 4.69) is 17.1 Å². The molecule has 0 amide bonds. The van der Waals surface area contributed by atoms with Gasteiger partial charge < -0.3 is 4.52 Å². The molecule has 8 heteroatoms. The second-order valence-corrected chi connectivity index (χ2v) is 7.98. The topological polar surface area (TPSA) is 82.9 Å². The summed E-state index contributed by atoms with van der Waals surface area (Å²) in [6.45, 7) is 2.12. The fourth-order valence-corrected chi connectivity index (χ4v) is 4.19. The maximum absolute atomic E-state index is 13.4. The third-order valence-corrected chi connectivity index (χ3v) is 6.02. The van der Waals surface area contributed by atoms with Crippen LogP contribution in [0.5, 0.6) is 0 Å². The standard InChI is InChI=1S/C23H18N4O3S/c1-2-15-9-11-16(12-10-15)27-22(28)17-6-3-4-7-18(17)26(23(27)29)14-20-24-21(25-30-20)19-8-5-13-31-19/h3-13H,2,14H2,1H3. The van der Waals surface area contributed by atoms with Gasteiger partial charge in [-0.25, -0.2) is 9.36 Å². The summed E-state index contributed by atoms with van der Waals surface area (Å²) in [6.07, 6.45) is 0.876. The first kappa shape index (κ1) is 19.2. The monoisotopic (exact) mass is 430 g/mol. The molecular weight excluding hydrogens is 412 g/mol. The van der Waals surface area contributed by atoms with Crippen molar-refractivity contribution in [1.82, 2.24) is 19.3 Å². The summed E-state index contributed by atoms with van der Waals surface area (Å²) in [6, 6.07) is 18.3. The molecule has 0 saturated carbocycles. The van der Waals surface area contributed by atoms with Crippen molar-refractivity contribution in [2.45, 2.75) is 19.9 Å². The Labute approximate surface area is 180 Å². The summed E-state index contributed by atoms with van der Waals surface area (Å²) in [7, 11) is 0. The normalized spacial score (nSPS) is 11.3. The Morgan fingerprint density at radius 3 is 2.55 bits per heavy atom. The lowest BCUT2D eigenvalue weighted by Gasteiger charge is -2.13. The number of rotatable bonds is 5. The second-order valence-electron chi connectivity index (χ2n) is 7.04. The third kappa shape index (κ3) is 3.40. The van der Waals surface area contributed by atoms with E-state index in [1.54, 1.807) is 36.4 Å². The van der Waals surface area contributed by atoms with Crippen LogP contribution in [0.1, 0.15) is 18.4 Å². The summed E-state index contributed by atoms with van der Waals surface area (Å²) in [5.74, 6) is 0.771. The molecule has 0 unspecified atom stereocenters. The van der Waals surface area contributed by atoms with Gasteiger partial charge in [-0.15, -0.1) is 11.3 Å². The van der Waals surface area contributed by atoms with Gasteiger partial charge in [0.15, 0.2) is 0 Å². The zero-order chi connectivity index (χ0) is 21.4. The molecule has 0 bridgehead atoms. The highest BCUT2D eigenvalue weighted by Gasteiger charge is 2.17. The van der Waals surface area contributed by atoms with Gasteiger partial charge in [0.2, 0.25) is 11.7 Å². The summed E-state index contributed by atoms with van der Waals surface area (Å²) in [4.78, 5) is 31.9. The van der Waals surface area contributed by atoms with Gasteiger partial charge >= 0.3 is 5.69 Å². The highest BCUT2D eigenvalue weighted by molar-refractivity contribution is 7.13. The van der Waals surface area contributed by atoms with Gasteiger partial charge in [0.1, 0.15) is 6.54 Å². The minimum atomic E-state index is -0.455. The number of thiophene rings is 1. The van der Waals surface area contributed by atoms with Crippen LogP contribution in [0.3, 0.4) is 0 Å². The van der Waals surface area contributed by atoms with Crippen LogP contribution in [0.4, 0.5) is 0 Å². The lowest BCUT2D eigenvalue weighted by Crippen LogP contribution is -2.39. The van der Waals surface area contributed by atoms with E-state index in [1.165, 1.54) is 20.5 Å². The first-order chi connectivity index (χ1) is 15.2. The molecule has 0 atom stereocenters. The van der Waals surface area contributed by atoms with Crippen LogP contribution in [0.25, 0.3) is 27.3 Å². The Balaban J connectivity index is 1.67. The maximum Gasteiger partial charge on any atom is 0.336 e. The van der Waals surface area contributed by atoms with Crippen LogP contribution in [-0.2, 0) is 13.0 Å². The van der Waals surface area contributed by atoms with Gasteiger partial charge in [-0.05, 0) is 47.7 Å². The fourth-order valence-electron chi connectivity index (χ4n) is 3.54. The number of aromatic nitrogens is 4. The maximum atomic E-state index is 13.4. The predicted molar refractivity (Wildman–Crippen MR) is 120 cm³/mol. The first-order valence-electron chi connectivity index (χ1n) is 9.86. The average molecular weight is 430 g/mol. The van der Waals surface area contributed by atoms with E-state index < -0.39 is 5.69 Å². The molecule has 0 aliphatic rings. The van der Waals surface area contributed by atoms with Gasteiger partial charge in [-0.3, -0.25) is 9.36 Å². The smallest absolute Gasteiger partial charge is 0.336 e. The van der Waals surface area contributed by atoms with Crippen LogP contribution in [-0.4, -0.2) is 19.3 Å². The Bertz CT molecular complexity index is 1480. The number of hydrogen-bond acceptors (Lipinski definition) is 6. The second kappa shape index (κ2) is 7.81. The van der Waals surface area contributed by atoms with Crippen molar-refractivity contribution in [3.05, 3.63) is 98.3 Å². The lowest BCUT2D eigenvalue weighted by molar-refractivity contribution is 0.370. The molecule has 0 N–H and O–H groups in total. The number of aryl methyl sites for hydroxylation is 1. The third-order valence-electron chi connectivity index (χ3n) is 5.16. The van der Waals surface area contributed by atoms with Crippen LogP contribution in [0.2, 0.25) is 0 Å². The van der Waals surface area contributed by atoms with Crippen LogP contribution in [0, 0.1) is 0 Å². The van der Waals surface area contributed by atoms with Gasteiger partial charge in [-0.1, -0.05) is 42.4 Å². The molecule has 0 saturated heterocycles. The van der Waals surface area contributed by atoms with E-state index in [0.29, 0.717) is 28.3 Å². The van der Waals surface area contributed by atoms with E-state index in [9.17, 15) is 9.59 Å². The van der Waals surface area contributed by atoms with Crippen molar-refractivity contribution in [1.29, 1.82) is 0 Å². The van der Waals surface area contributed by atoms with Gasteiger partial charge in [0.25, 0.3) is 5.56 Å². The van der Waals surface area contributed by atoms with Crippen molar-refractivity contribution in [3.8, 4) is 16.4 Å².